The zero-order chi connectivity index (χ0) is 13.3. The number of rotatable bonds is 9. The number of aliphatic carboxylic acids is 1. The van der Waals surface area contributed by atoms with E-state index in [2.05, 4.69) is 0 Å². The molecule has 0 bridgehead atoms. The third kappa shape index (κ3) is 6.20. The van der Waals surface area contributed by atoms with Gasteiger partial charge in [0, 0.05) is 5.41 Å². The summed E-state index contributed by atoms with van der Waals surface area (Å²) in [6.45, 7) is -1.35. The third-order valence-corrected chi connectivity index (χ3v) is 2.44. The second kappa shape index (κ2) is 7.99. The molecule has 0 aromatic heterocycles. The van der Waals surface area contributed by atoms with Gasteiger partial charge in [0.15, 0.2) is 0 Å². The van der Waals surface area contributed by atoms with Crippen LogP contribution in [0, 0.1) is 5.41 Å². The van der Waals surface area contributed by atoms with Gasteiger partial charge in [0.2, 0.25) is 0 Å². The fourth-order valence-corrected chi connectivity index (χ4v) is 1.05. The number of carbonyl (C=O) groups is 2. The number of esters is 1. The van der Waals surface area contributed by atoms with E-state index in [-0.39, 0.29) is 25.9 Å². The Morgan fingerprint density at radius 3 is 1.94 bits per heavy atom. The number of carbonyl (C=O) groups excluding carboxylic acids is 1. The molecule has 0 unspecified atom stereocenters. The summed E-state index contributed by atoms with van der Waals surface area (Å²) in [5, 5.41) is 35.3. The van der Waals surface area contributed by atoms with Crippen LogP contribution in [0.1, 0.15) is 19.3 Å². The van der Waals surface area contributed by atoms with Crippen molar-refractivity contribution < 1.29 is 34.8 Å². The van der Waals surface area contributed by atoms with Gasteiger partial charge in [0.05, 0.1) is 39.3 Å². The van der Waals surface area contributed by atoms with Crippen LogP contribution in [-0.2, 0) is 14.3 Å². The summed E-state index contributed by atoms with van der Waals surface area (Å²) < 4.78 is 4.72. The highest BCUT2D eigenvalue weighted by Crippen LogP contribution is 2.19. The lowest BCUT2D eigenvalue weighted by molar-refractivity contribution is -0.149. The molecule has 0 aliphatic carbocycles. The van der Waals surface area contributed by atoms with Crippen LogP contribution in [0.4, 0.5) is 0 Å². The standard InChI is InChI=1S/C10H18O7/c11-5-10(6-12,7-13)3-4-17-9(16)2-1-8(14)15/h11-13H,1-7H2,(H,14,15). The van der Waals surface area contributed by atoms with E-state index in [4.69, 9.17) is 25.2 Å². The molecule has 0 aromatic carbocycles. The molecular formula is C10H18O7. The Morgan fingerprint density at radius 1 is 1.00 bits per heavy atom. The van der Waals surface area contributed by atoms with E-state index in [0.717, 1.165) is 0 Å². The molecule has 0 spiro atoms. The smallest absolute Gasteiger partial charge is 0.306 e. The number of carboxylic acid groups (broad SMARTS) is 1. The number of ether oxygens (including phenoxy) is 1. The topological polar surface area (TPSA) is 124 Å². The number of hydrogen-bond acceptors (Lipinski definition) is 6. The second-order valence-electron chi connectivity index (χ2n) is 3.84. The Labute approximate surface area is 98.6 Å². The summed E-state index contributed by atoms with van der Waals surface area (Å²) in [5.41, 5.74) is -1.08. The molecule has 0 radical (unpaired) electrons. The molecule has 0 heterocycles. The molecule has 0 atom stereocenters. The molecule has 7 nitrogen and oxygen atoms in total. The maximum absolute atomic E-state index is 11.0. The highest BCUT2D eigenvalue weighted by atomic mass is 16.5. The van der Waals surface area contributed by atoms with Gasteiger partial charge in [0.1, 0.15) is 0 Å². The monoisotopic (exact) mass is 250 g/mol. The molecular weight excluding hydrogens is 232 g/mol. The molecule has 0 aliphatic rings. The minimum atomic E-state index is -1.09. The molecule has 0 rings (SSSR count). The van der Waals surface area contributed by atoms with Crippen LogP contribution in [-0.4, -0.2) is 58.8 Å². The van der Waals surface area contributed by atoms with Crippen molar-refractivity contribution in [2.24, 2.45) is 5.41 Å². The Balaban J connectivity index is 3.88. The summed E-state index contributed by atoms with van der Waals surface area (Å²) in [5.74, 6) is -1.74. The van der Waals surface area contributed by atoms with Gasteiger partial charge < -0.3 is 25.2 Å². The van der Waals surface area contributed by atoms with Crippen molar-refractivity contribution in [1.82, 2.24) is 0 Å². The average Bonchev–Trinajstić information content (AvgIpc) is 2.33. The molecule has 100 valence electrons. The van der Waals surface area contributed by atoms with Crippen molar-refractivity contribution in [2.75, 3.05) is 26.4 Å². The number of aliphatic hydroxyl groups excluding tert-OH is 3. The first-order chi connectivity index (χ1) is 7.99. The fourth-order valence-electron chi connectivity index (χ4n) is 1.05. The molecule has 7 heteroatoms. The van der Waals surface area contributed by atoms with E-state index in [9.17, 15) is 9.59 Å². The summed E-state index contributed by atoms with van der Waals surface area (Å²) in [6.07, 6.45) is -0.418. The maximum Gasteiger partial charge on any atom is 0.306 e. The van der Waals surface area contributed by atoms with Crippen LogP contribution < -0.4 is 0 Å². The van der Waals surface area contributed by atoms with Crippen molar-refractivity contribution in [1.29, 1.82) is 0 Å². The molecule has 0 fully saturated rings. The molecule has 0 saturated carbocycles. The van der Waals surface area contributed by atoms with E-state index >= 15 is 0 Å². The van der Waals surface area contributed by atoms with E-state index < -0.39 is 37.2 Å². The second-order valence-corrected chi connectivity index (χ2v) is 3.84. The first kappa shape index (κ1) is 15.8. The van der Waals surface area contributed by atoms with Gasteiger partial charge in [-0.05, 0) is 6.42 Å². The Bertz CT molecular complexity index is 239. The Kier molecular flexibility index (Phi) is 7.44. The van der Waals surface area contributed by atoms with Crippen molar-refractivity contribution in [3.05, 3.63) is 0 Å². The Hall–Kier alpha value is -1.18. The lowest BCUT2D eigenvalue weighted by Crippen LogP contribution is -2.35. The normalized spacial score (nSPS) is 11.2. The quantitative estimate of drug-likeness (QED) is 0.377. The van der Waals surface area contributed by atoms with Crippen LogP contribution in [0.25, 0.3) is 0 Å². The lowest BCUT2D eigenvalue weighted by atomic mass is 9.88. The molecule has 0 saturated heterocycles. The van der Waals surface area contributed by atoms with Gasteiger partial charge in [-0.2, -0.15) is 0 Å². The van der Waals surface area contributed by atoms with Gasteiger partial charge in [-0.3, -0.25) is 9.59 Å². The number of hydrogen-bond donors (Lipinski definition) is 4. The average molecular weight is 250 g/mol. The predicted molar refractivity (Wildman–Crippen MR) is 56.1 cm³/mol. The van der Waals surface area contributed by atoms with Crippen LogP contribution >= 0.6 is 0 Å². The van der Waals surface area contributed by atoms with Gasteiger partial charge in [-0.1, -0.05) is 0 Å². The minimum absolute atomic E-state index is 0.0832. The maximum atomic E-state index is 11.0. The van der Waals surface area contributed by atoms with E-state index in [1.807, 2.05) is 0 Å². The summed E-state index contributed by atoms with van der Waals surface area (Å²) in [6, 6.07) is 0. The third-order valence-electron chi connectivity index (χ3n) is 2.44. The minimum Gasteiger partial charge on any atom is -0.481 e. The zero-order valence-corrected chi connectivity index (χ0v) is 9.46. The number of aliphatic hydroxyl groups is 3. The van der Waals surface area contributed by atoms with Gasteiger partial charge in [-0.25, -0.2) is 0 Å². The van der Waals surface area contributed by atoms with Crippen LogP contribution in [0.2, 0.25) is 0 Å². The van der Waals surface area contributed by atoms with Gasteiger partial charge in [-0.15, -0.1) is 0 Å². The zero-order valence-electron chi connectivity index (χ0n) is 9.46. The van der Waals surface area contributed by atoms with E-state index in [1.165, 1.54) is 0 Å². The van der Waals surface area contributed by atoms with E-state index in [1.54, 1.807) is 0 Å². The van der Waals surface area contributed by atoms with Crippen molar-refractivity contribution in [3.8, 4) is 0 Å². The molecule has 0 aliphatic heterocycles. The lowest BCUT2D eigenvalue weighted by Gasteiger charge is -2.26. The molecule has 17 heavy (non-hydrogen) atoms. The first-order valence-electron chi connectivity index (χ1n) is 5.19. The fraction of sp³-hybridized carbons (Fsp3) is 0.800. The largest absolute Gasteiger partial charge is 0.481 e. The van der Waals surface area contributed by atoms with Gasteiger partial charge >= 0.3 is 11.9 Å². The van der Waals surface area contributed by atoms with Crippen molar-refractivity contribution >= 4 is 11.9 Å². The van der Waals surface area contributed by atoms with Crippen LogP contribution in [0.15, 0.2) is 0 Å². The molecule has 0 amide bonds. The highest BCUT2D eigenvalue weighted by molar-refractivity contribution is 5.76. The summed E-state index contributed by atoms with van der Waals surface area (Å²) in [4.78, 5) is 21.2. The van der Waals surface area contributed by atoms with E-state index in [0.29, 0.717) is 0 Å². The molecule has 0 aromatic rings. The summed E-state index contributed by atoms with van der Waals surface area (Å²) in [7, 11) is 0. The van der Waals surface area contributed by atoms with Crippen LogP contribution in [0.3, 0.4) is 0 Å². The SMILES string of the molecule is O=C(O)CCC(=O)OCCC(CO)(CO)CO. The predicted octanol–water partition coefficient (Wildman–Crippen LogP) is -1.25. The highest BCUT2D eigenvalue weighted by Gasteiger charge is 2.28. The van der Waals surface area contributed by atoms with Gasteiger partial charge in [0.25, 0.3) is 0 Å². The summed E-state index contributed by atoms with van der Waals surface area (Å²) >= 11 is 0. The van der Waals surface area contributed by atoms with Crippen molar-refractivity contribution in [3.63, 3.8) is 0 Å². The molecule has 4 N–H and O–H groups in total. The first-order valence-corrected chi connectivity index (χ1v) is 5.19. The van der Waals surface area contributed by atoms with Crippen molar-refractivity contribution in [2.45, 2.75) is 19.3 Å². The van der Waals surface area contributed by atoms with Crippen LogP contribution in [0.5, 0.6) is 0 Å². The number of carboxylic acids is 1. The Morgan fingerprint density at radius 2 is 1.53 bits per heavy atom.